The molecule has 1 atom stereocenters. The van der Waals surface area contributed by atoms with Gasteiger partial charge in [0.05, 0.1) is 0 Å². The van der Waals surface area contributed by atoms with Crippen LogP contribution in [0.4, 0.5) is 0 Å². The maximum Gasteiger partial charge on any atom is 0.220 e. The van der Waals surface area contributed by atoms with Gasteiger partial charge in [0.25, 0.3) is 0 Å². The third kappa shape index (κ3) is 2.36. The van der Waals surface area contributed by atoms with Crippen molar-refractivity contribution in [1.29, 1.82) is 0 Å². The molecule has 0 bridgehead atoms. The molecule has 1 unspecified atom stereocenters. The molecular formula is C9H16OS2. The van der Waals surface area contributed by atoms with Crippen LogP contribution in [0.15, 0.2) is 0 Å². The molecule has 1 nitrogen and oxygen atoms in total. The predicted octanol–water partition coefficient (Wildman–Crippen LogP) is 3.37. The summed E-state index contributed by atoms with van der Waals surface area (Å²) in [4.78, 5) is 0. The summed E-state index contributed by atoms with van der Waals surface area (Å²) < 4.78 is 6.44. The first-order valence-electron chi connectivity index (χ1n) is 4.58. The molecule has 0 radical (unpaired) electrons. The Morgan fingerprint density at radius 2 is 2.33 bits per heavy atom. The average molecular weight is 204 g/mol. The molecule has 3 heteroatoms. The van der Waals surface area contributed by atoms with Gasteiger partial charge in [-0.15, -0.1) is 0 Å². The van der Waals surface area contributed by atoms with Crippen molar-refractivity contribution in [2.24, 2.45) is 0 Å². The number of unbranched alkanes of at least 4 members (excludes halogenated alkanes) is 1. The van der Waals surface area contributed by atoms with Gasteiger partial charge in [-0.05, 0) is 31.5 Å². The number of thioether (sulfide) groups is 1. The lowest BCUT2D eigenvalue weighted by atomic mass is 9.96. The van der Waals surface area contributed by atoms with Crippen LogP contribution in [0.5, 0.6) is 0 Å². The SMILES string of the molecule is CCCCC1(CC)CSC(=S)O1. The summed E-state index contributed by atoms with van der Waals surface area (Å²) in [7, 11) is 0. The average Bonchev–Trinajstić information content (AvgIpc) is 2.45. The van der Waals surface area contributed by atoms with Gasteiger partial charge in [-0.3, -0.25) is 0 Å². The predicted molar refractivity (Wildman–Crippen MR) is 58.7 cm³/mol. The van der Waals surface area contributed by atoms with Gasteiger partial charge in [0.2, 0.25) is 4.38 Å². The van der Waals surface area contributed by atoms with Crippen LogP contribution in [0, 0.1) is 0 Å². The minimum Gasteiger partial charge on any atom is -0.471 e. The van der Waals surface area contributed by atoms with Crippen LogP contribution in [0.2, 0.25) is 0 Å². The maximum absolute atomic E-state index is 5.69. The van der Waals surface area contributed by atoms with E-state index in [1.807, 2.05) is 0 Å². The monoisotopic (exact) mass is 204 g/mol. The molecule has 70 valence electrons. The largest absolute Gasteiger partial charge is 0.471 e. The second-order valence-electron chi connectivity index (χ2n) is 3.28. The summed E-state index contributed by atoms with van der Waals surface area (Å²) in [5.74, 6) is 1.06. The highest BCUT2D eigenvalue weighted by Crippen LogP contribution is 2.36. The van der Waals surface area contributed by atoms with Crippen molar-refractivity contribution in [1.82, 2.24) is 0 Å². The summed E-state index contributed by atoms with van der Waals surface area (Å²) >= 11 is 6.71. The van der Waals surface area contributed by atoms with Crippen molar-refractivity contribution in [3.63, 3.8) is 0 Å². The minimum absolute atomic E-state index is 0.0811. The van der Waals surface area contributed by atoms with Gasteiger partial charge < -0.3 is 4.74 Å². The molecule has 0 N–H and O–H groups in total. The Kier molecular flexibility index (Phi) is 3.84. The highest BCUT2D eigenvalue weighted by molar-refractivity contribution is 8.22. The van der Waals surface area contributed by atoms with Crippen LogP contribution in [-0.2, 0) is 4.74 Å². The van der Waals surface area contributed by atoms with E-state index in [-0.39, 0.29) is 5.60 Å². The molecule has 1 aliphatic heterocycles. The molecule has 1 saturated heterocycles. The fourth-order valence-electron chi connectivity index (χ4n) is 1.40. The van der Waals surface area contributed by atoms with Crippen LogP contribution in [0.3, 0.4) is 0 Å². The van der Waals surface area contributed by atoms with Gasteiger partial charge >= 0.3 is 0 Å². The van der Waals surface area contributed by atoms with E-state index >= 15 is 0 Å². The van der Waals surface area contributed by atoms with Gasteiger partial charge in [0, 0.05) is 5.75 Å². The van der Waals surface area contributed by atoms with Crippen LogP contribution in [0.25, 0.3) is 0 Å². The number of rotatable bonds is 4. The van der Waals surface area contributed by atoms with E-state index in [0.717, 1.165) is 23.0 Å². The lowest BCUT2D eigenvalue weighted by Crippen LogP contribution is -2.30. The Hall–Kier alpha value is 0.240. The first-order chi connectivity index (χ1) is 5.72. The topological polar surface area (TPSA) is 9.23 Å². The number of thiocarbonyl (C=S) groups is 1. The van der Waals surface area contributed by atoms with E-state index in [2.05, 4.69) is 13.8 Å². The maximum atomic E-state index is 5.69. The first-order valence-corrected chi connectivity index (χ1v) is 5.97. The molecule has 0 aromatic carbocycles. The summed E-state index contributed by atoms with van der Waals surface area (Å²) in [6, 6.07) is 0. The zero-order chi connectivity index (χ0) is 9.03. The second kappa shape index (κ2) is 4.47. The van der Waals surface area contributed by atoms with Crippen LogP contribution in [-0.4, -0.2) is 15.7 Å². The molecule has 0 aliphatic carbocycles. The zero-order valence-corrected chi connectivity index (χ0v) is 9.39. The van der Waals surface area contributed by atoms with Crippen molar-refractivity contribution in [2.75, 3.05) is 5.75 Å². The summed E-state index contributed by atoms with van der Waals surface area (Å²) in [5, 5.41) is 0. The van der Waals surface area contributed by atoms with E-state index in [4.69, 9.17) is 17.0 Å². The summed E-state index contributed by atoms with van der Waals surface area (Å²) in [6.45, 7) is 4.40. The lowest BCUT2D eigenvalue weighted by Gasteiger charge is -2.25. The van der Waals surface area contributed by atoms with Gasteiger partial charge in [-0.1, -0.05) is 32.0 Å². The number of hydrogen-bond donors (Lipinski definition) is 0. The van der Waals surface area contributed by atoms with E-state index in [0.29, 0.717) is 0 Å². The summed E-state index contributed by atoms with van der Waals surface area (Å²) in [5.41, 5.74) is 0.0811. The van der Waals surface area contributed by atoms with E-state index in [1.54, 1.807) is 11.8 Å². The Labute approximate surface area is 84.2 Å². The smallest absolute Gasteiger partial charge is 0.220 e. The third-order valence-electron chi connectivity index (χ3n) is 2.38. The molecule has 0 aromatic heterocycles. The Balaban J connectivity index is 2.46. The lowest BCUT2D eigenvalue weighted by molar-refractivity contribution is 0.0815. The normalized spacial score (nSPS) is 29.0. The highest BCUT2D eigenvalue weighted by atomic mass is 32.2. The molecule has 1 heterocycles. The van der Waals surface area contributed by atoms with E-state index in [9.17, 15) is 0 Å². The van der Waals surface area contributed by atoms with Crippen LogP contribution < -0.4 is 0 Å². The third-order valence-corrected chi connectivity index (χ3v) is 3.81. The fourth-order valence-corrected chi connectivity index (χ4v) is 2.78. The Morgan fingerprint density at radius 3 is 2.75 bits per heavy atom. The second-order valence-corrected chi connectivity index (χ2v) is 4.86. The van der Waals surface area contributed by atoms with Crippen molar-refractivity contribution < 1.29 is 4.74 Å². The Morgan fingerprint density at radius 1 is 1.58 bits per heavy atom. The quantitative estimate of drug-likeness (QED) is 0.650. The molecule has 0 aromatic rings. The van der Waals surface area contributed by atoms with Crippen molar-refractivity contribution >= 4 is 28.4 Å². The first kappa shape index (κ1) is 10.3. The van der Waals surface area contributed by atoms with Gasteiger partial charge in [0.15, 0.2) is 0 Å². The molecular weight excluding hydrogens is 188 g/mol. The molecule has 12 heavy (non-hydrogen) atoms. The Bertz CT molecular complexity index is 170. The van der Waals surface area contributed by atoms with Crippen molar-refractivity contribution in [2.45, 2.75) is 45.1 Å². The highest BCUT2D eigenvalue weighted by Gasteiger charge is 2.36. The standard InChI is InChI=1S/C9H16OS2/c1-3-5-6-9(4-2)7-12-8(11)10-9/h3-7H2,1-2H3. The van der Waals surface area contributed by atoms with Crippen molar-refractivity contribution in [3.05, 3.63) is 0 Å². The molecule has 1 rings (SSSR count). The van der Waals surface area contributed by atoms with Gasteiger partial charge in [0.1, 0.15) is 5.60 Å². The van der Waals surface area contributed by atoms with Gasteiger partial charge in [-0.25, -0.2) is 0 Å². The molecule has 1 fully saturated rings. The molecule has 1 aliphatic rings. The van der Waals surface area contributed by atoms with Crippen molar-refractivity contribution in [3.8, 4) is 0 Å². The summed E-state index contributed by atoms with van der Waals surface area (Å²) in [6.07, 6.45) is 4.73. The van der Waals surface area contributed by atoms with Crippen LogP contribution in [0.1, 0.15) is 39.5 Å². The fraction of sp³-hybridized carbons (Fsp3) is 0.889. The minimum atomic E-state index is 0.0811. The number of hydrogen-bond acceptors (Lipinski definition) is 3. The van der Waals surface area contributed by atoms with E-state index in [1.165, 1.54) is 12.8 Å². The van der Waals surface area contributed by atoms with Gasteiger partial charge in [-0.2, -0.15) is 0 Å². The molecule has 0 amide bonds. The molecule has 0 spiro atoms. The molecule has 0 saturated carbocycles. The number of ether oxygens (including phenoxy) is 1. The zero-order valence-electron chi connectivity index (χ0n) is 7.76. The van der Waals surface area contributed by atoms with Crippen LogP contribution >= 0.6 is 24.0 Å². The van der Waals surface area contributed by atoms with E-state index < -0.39 is 0 Å².